The number of carbonyl (C=O) groups is 4. The Labute approximate surface area is 166 Å². The fraction of sp³-hybridized carbons (Fsp3) is 0.294. The average molecular weight is 452 g/mol. The van der Waals surface area contributed by atoms with E-state index >= 15 is 0 Å². The molecule has 8 nitrogen and oxygen atoms in total. The number of imide groups is 1. The average Bonchev–Trinajstić information content (AvgIpc) is 3.30. The highest BCUT2D eigenvalue weighted by molar-refractivity contribution is 9.10. The zero-order valence-electron chi connectivity index (χ0n) is 13.9. The first-order chi connectivity index (χ1) is 12.9. The van der Waals surface area contributed by atoms with Crippen LogP contribution in [0.25, 0.3) is 0 Å². The molecule has 2 aliphatic rings. The Bertz CT molecular complexity index is 966. The number of rotatable bonds is 4. The number of amides is 4. The monoisotopic (exact) mass is 451 g/mol. The molecule has 0 aromatic carbocycles. The quantitative estimate of drug-likeness (QED) is 0.688. The number of halogens is 1. The SMILES string of the molecule is O=C1CCC(N2Cc3cc(CNC(=O)c4occc4Br)sc3C2=O)C(=O)N1. The summed E-state index contributed by atoms with van der Waals surface area (Å²) < 4.78 is 5.69. The molecule has 2 aromatic rings. The molecule has 27 heavy (non-hydrogen) atoms. The van der Waals surface area contributed by atoms with E-state index in [1.165, 1.54) is 22.5 Å². The highest BCUT2D eigenvalue weighted by Crippen LogP contribution is 2.33. The van der Waals surface area contributed by atoms with Gasteiger partial charge in [0.15, 0.2) is 0 Å². The van der Waals surface area contributed by atoms with Gasteiger partial charge in [-0.2, -0.15) is 0 Å². The van der Waals surface area contributed by atoms with Gasteiger partial charge in [-0.3, -0.25) is 24.5 Å². The predicted octanol–water partition coefficient (Wildman–Crippen LogP) is 1.79. The fourth-order valence-electron chi connectivity index (χ4n) is 3.19. The topological polar surface area (TPSA) is 109 Å². The van der Waals surface area contributed by atoms with E-state index in [2.05, 4.69) is 26.6 Å². The van der Waals surface area contributed by atoms with Gasteiger partial charge in [-0.1, -0.05) is 0 Å². The van der Waals surface area contributed by atoms with E-state index in [-0.39, 0.29) is 36.4 Å². The molecule has 0 aliphatic carbocycles. The third-order valence-electron chi connectivity index (χ3n) is 4.49. The predicted molar refractivity (Wildman–Crippen MR) is 97.9 cm³/mol. The van der Waals surface area contributed by atoms with Gasteiger partial charge >= 0.3 is 0 Å². The molecule has 2 aliphatic heterocycles. The molecule has 140 valence electrons. The van der Waals surface area contributed by atoms with Crippen molar-refractivity contribution in [3.63, 3.8) is 0 Å². The number of fused-ring (bicyclic) bond motifs is 1. The lowest BCUT2D eigenvalue weighted by Crippen LogP contribution is -2.52. The van der Waals surface area contributed by atoms with E-state index in [0.717, 1.165) is 10.4 Å². The second kappa shape index (κ2) is 6.93. The van der Waals surface area contributed by atoms with Crippen LogP contribution in [-0.2, 0) is 22.7 Å². The summed E-state index contributed by atoms with van der Waals surface area (Å²) in [7, 11) is 0. The van der Waals surface area contributed by atoms with Gasteiger partial charge in [-0.05, 0) is 40.0 Å². The van der Waals surface area contributed by atoms with Gasteiger partial charge in [-0.25, -0.2) is 0 Å². The van der Waals surface area contributed by atoms with E-state index in [1.54, 1.807) is 6.07 Å². The minimum Gasteiger partial charge on any atom is -0.458 e. The summed E-state index contributed by atoms with van der Waals surface area (Å²) in [5.74, 6) is -1.10. The Morgan fingerprint density at radius 2 is 2.22 bits per heavy atom. The molecular formula is C17H14BrN3O5S. The maximum Gasteiger partial charge on any atom is 0.288 e. The van der Waals surface area contributed by atoms with E-state index in [0.29, 0.717) is 22.3 Å². The van der Waals surface area contributed by atoms with E-state index in [1.807, 2.05) is 6.07 Å². The molecule has 1 atom stereocenters. The third kappa shape index (κ3) is 3.30. The molecule has 2 N–H and O–H groups in total. The lowest BCUT2D eigenvalue weighted by molar-refractivity contribution is -0.136. The summed E-state index contributed by atoms with van der Waals surface area (Å²) in [5, 5.41) is 5.03. The molecule has 4 heterocycles. The lowest BCUT2D eigenvalue weighted by Gasteiger charge is -2.29. The summed E-state index contributed by atoms with van der Waals surface area (Å²) in [6.07, 6.45) is 1.99. The van der Waals surface area contributed by atoms with Crippen LogP contribution in [0.5, 0.6) is 0 Å². The Kier molecular flexibility index (Phi) is 4.60. The molecule has 0 spiro atoms. The van der Waals surface area contributed by atoms with Crippen LogP contribution in [0, 0.1) is 0 Å². The highest BCUT2D eigenvalue weighted by Gasteiger charge is 2.40. The molecule has 4 rings (SSSR count). The Hall–Kier alpha value is -2.46. The summed E-state index contributed by atoms with van der Waals surface area (Å²) in [5.41, 5.74) is 0.832. The van der Waals surface area contributed by atoms with E-state index in [9.17, 15) is 19.2 Å². The number of hydrogen-bond donors (Lipinski definition) is 2. The first-order valence-electron chi connectivity index (χ1n) is 8.21. The van der Waals surface area contributed by atoms with Crippen LogP contribution in [-0.4, -0.2) is 34.6 Å². The Morgan fingerprint density at radius 3 is 2.89 bits per heavy atom. The van der Waals surface area contributed by atoms with Crippen LogP contribution in [0.2, 0.25) is 0 Å². The van der Waals surface area contributed by atoms with Crippen molar-refractivity contribution in [3.05, 3.63) is 43.9 Å². The van der Waals surface area contributed by atoms with Crippen LogP contribution in [0.4, 0.5) is 0 Å². The summed E-state index contributed by atoms with van der Waals surface area (Å²) in [4.78, 5) is 51.0. The molecule has 4 amide bonds. The molecule has 1 fully saturated rings. The minimum absolute atomic E-state index is 0.194. The highest BCUT2D eigenvalue weighted by atomic mass is 79.9. The van der Waals surface area contributed by atoms with Crippen LogP contribution in [0.1, 0.15) is 43.5 Å². The fourth-order valence-corrected chi connectivity index (χ4v) is 4.64. The van der Waals surface area contributed by atoms with Crippen molar-refractivity contribution < 1.29 is 23.6 Å². The van der Waals surface area contributed by atoms with Gasteiger partial charge in [0.05, 0.1) is 22.2 Å². The zero-order valence-corrected chi connectivity index (χ0v) is 16.3. The summed E-state index contributed by atoms with van der Waals surface area (Å²) >= 11 is 4.53. The summed E-state index contributed by atoms with van der Waals surface area (Å²) in [6, 6.07) is 2.88. The van der Waals surface area contributed by atoms with Crippen LogP contribution >= 0.6 is 27.3 Å². The van der Waals surface area contributed by atoms with Crippen molar-refractivity contribution in [2.45, 2.75) is 32.0 Å². The number of nitrogens with one attached hydrogen (secondary N) is 2. The van der Waals surface area contributed by atoms with Gasteiger partial charge in [-0.15, -0.1) is 11.3 Å². The molecule has 10 heteroatoms. The molecule has 0 bridgehead atoms. The van der Waals surface area contributed by atoms with Crippen molar-refractivity contribution in [1.82, 2.24) is 15.5 Å². The van der Waals surface area contributed by atoms with Gasteiger partial charge in [0.1, 0.15) is 6.04 Å². The van der Waals surface area contributed by atoms with Gasteiger partial charge in [0, 0.05) is 17.8 Å². The van der Waals surface area contributed by atoms with Crippen molar-refractivity contribution in [2.24, 2.45) is 0 Å². The number of carbonyl (C=O) groups excluding carboxylic acids is 4. The summed E-state index contributed by atoms with van der Waals surface area (Å²) in [6.45, 7) is 0.601. The Balaban J connectivity index is 1.41. The van der Waals surface area contributed by atoms with Crippen molar-refractivity contribution in [3.8, 4) is 0 Å². The molecule has 2 aromatic heterocycles. The number of furan rings is 1. The molecule has 1 unspecified atom stereocenters. The van der Waals surface area contributed by atoms with E-state index in [4.69, 9.17) is 4.42 Å². The minimum atomic E-state index is -0.616. The van der Waals surface area contributed by atoms with Crippen molar-refractivity contribution >= 4 is 50.9 Å². The smallest absolute Gasteiger partial charge is 0.288 e. The number of hydrogen-bond acceptors (Lipinski definition) is 6. The van der Waals surface area contributed by atoms with Crippen LogP contribution < -0.4 is 10.6 Å². The maximum absolute atomic E-state index is 12.7. The lowest BCUT2D eigenvalue weighted by atomic mass is 10.0. The molecule has 1 saturated heterocycles. The second-order valence-electron chi connectivity index (χ2n) is 6.25. The Morgan fingerprint density at radius 1 is 1.41 bits per heavy atom. The molecule has 0 saturated carbocycles. The van der Waals surface area contributed by atoms with Gasteiger partial charge in [0.25, 0.3) is 11.8 Å². The van der Waals surface area contributed by atoms with Crippen LogP contribution in [0.3, 0.4) is 0 Å². The maximum atomic E-state index is 12.7. The standard InChI is InChI=1S/C17H14BrN3O5S/c18-10-3-4-26-13(10)16(24)19-6-9-5-8-7-21(17(25)14(8)27-9)11-1-2-12(22)20-15(11)23/h3-5,11H,1-2,6-7H2,(H,19,24)(H,20,22,23). The van der Waals surface area contributed by atoms with E-state index < -0.39 is 11.9 Å². The van der Waals surface area contributed by atoms with Crippen molar-refractivity contribution in [2.75, 3.05) is 0 Å². The number of thiophene rings is 1. The van der Waals surface area contributed by atoms with Crippen molar-refractivity contribution in [1.29, 1.82) is 0 Å². The zero-order chi connectivity index (χ0) is 19.1. The first-order valence-corrected chi connectivity index (χ1v) is 9.82. The largest absolute Gasteiger partial charge is 0.458 e. The van der Waals surface area contributed by atoms with Gasteiger partial charge < -0.3 is 14.6 Å². The first kappa shape index (κ1) is 17.9. The molecule has 0 radical (unpaired) electrons. The third-order valence-corrected chi connectivity index (χ3v) is 6.28. The van der Waals surface area contributed by atoms with Gasteiger partial charge in [0.2, 0.25) is 17.6 Å². The number of piperidine rings is 1. The normalized spacial score (nSPS) is 19.2. The van der Waals surface area contributed by atoms with Crippen LogP contribution in [0.15, 0.2) is 27.3 Å². The number of nitrogens with zero attached hydrogens (tertiary/aromatic N) is 1. The second-order valence-corrected chi connectivity index (χ2v) is 8.24. The molecular weight excluding hydrogens is 438 g/mol.